The summed E-state index contributed by atoms with van der Waals surface area (Å²) in [4.78, 5) is 17.1. The number of anilines is 1. The summed E-state index contributed by atoms with van der Waals surface area (Å²) in [6.07, 6.45) is 0. The molecule has 0 aliphatic carbocycles. The average molecular weight is 420 g/mol. The Kier molecular flexibility index (Phi) is 5.89. The van der Waals surface area contributed by atoms with Crippen molar-refractivity contribution in [2.24, 2.45) is 0 Å². The summed E-state index contributed by atoms with van der Waals surface area (Å²) in [6, 6.07) is 9.92. The van der Waals surface area contributed by atoms with Crippen molar-refractivity contribution >= 4 is 23.2 Å². The lowest BCUT2D eigenvalue weighted by Crippen LogP contribution is -2.52. The van der Waals surface area contributed by atoms with Gasteiger partial charge in [0.1, 0.15) is 5.82 Å². The Bertz CT molecular complexity index is 903. The number of halogens is 2. The van der Waals surface area contributed by atoms with E-state index in [1.807, 2.05) is 19.1 Å². The predicted molar refractivity (Wildman–Crippen MR) is 109 cm³/mol. The van der Waals surface area contributed by atoms with Crippen LogP contribution in [0.5, 0.6) is 11.5 Å². The molecule has 6 nitrogen and oxygen atoms in total. The highest BCUT2D eigenvalue weighted by Gasteiger charge is 2.26. The van der Waals surface area contributed by atoms with E-state index in [1.165, 1.54) is 23.8 Å². The summed E-state index contributed by atoms with van der Waals surface area (Å²) in [5.74, 6) is 0.960. The molecule has 8 heteroatoms. The predicted octanol–water partition coefficient (Wildman–Crippen LogP) is 3.35. The van der Waals surface area contributed by atoms with Crippen molar-refractivity contribution in [2.75, 3.05) is 38.3 Å². The fourth-order valence-electron chi connectivity index (χ4n) is 3.59. The van der Waals surface area contributed by atoms with E-state index in [0.717, 1.165) is 44.2 Å². The Morgan fingerprint density at radius 3 is 2.66 bits per heavy atom. The van der Waals surface area contributed by atoms with E-state index in [0.29, 0.717) is 5.69 Å². The van der Waals surface area contributed by atoms with Crippen molar-refractivity contribution in [1.82, 2.24) is 9.80 Å². The molecule has 0 saturated carbocycles. The van der Waals surface area contributed by atoms with Gasteiger partial charge < -0.3 is 14.8 Å². The lowest BCUT2D eigenvalue weighted by atomic mass is 10.1. The lowest BCUT2D eigenvalue weighted by Gasteiger charge is -2.37. The van der Waals surface area contributed by atoms with Gasteiger partial charge in [0.25, 0.3) is 0 Å². The largest absolute Gasteiger partial charge is 0.454 e. The SMILES string of the molecule is C[C@@H](C(=O)Nc1ccc(F)c(Cl)c1)N1CCN(Cc2ccc3c(c2)OCO3)CC1. The van der Waals surface area contributed by atoms with Crippen LogP contribution >= 0.6 is 11.6 Å². The van der Waals surface area contributed by atoms with Gasteiger partial charge in [-0.1, -0.05) is 17.7 Å². The van der Waals surface area contributed by atoms with Crippen LogP contribution in [0.3, 0.4) is 0 Å². The second kappa shape index (κ2) is 8.57. The van der Waals surface area contributed by atoms with E-state index < -0.39 is 5.82 Å². The molecular weight excluding hydrogens is 397 g/mol. The van der Waals surface area contributed by atoms with Gasteiger partial charge in [0, 0.05) is 38.4 Å². The van der Waals surface area contributed by atoms with E-state index in [1.54, 1.807) is 0 Å². The second-order valence-electron chi connectivity index (χ2n) is 7.29. The van der Waals surface area contributed by atoms with Crippen LogP contribution in [0.25, 0.3) is 0 Å². The first kappa shape index (κ1) is 19.9. The van der Waals surface area contributed by atoms with Crippen LogP contribution in [0.2, 0.25) is 5.02 Å². The molecule has 29 heavy (non-hydrogen) atoms. The summed E-state index contributed by atoms with van der Waals surface area (Å²) >= 11 is 5.78. The van der Waals surface area contributed by atoms with Gasteiger partial charge in [0.2, 0.25) is 12.7 Å². The monoisotopic (exact) mass is 419 g/mol. The molecule has 2 aliphatic rings. The van der Waals surface area contributed by atoms with Crippen molar-refractivity contribution in [1.29, 1.82) is 0 Å². The summed E-state index contributed by atoms with van der Waals surface area (Å²) in [5.41, 5.74) is 1.68. The number of carbonyl (C=O) groups excluding carboxylic acids is 1. The molecule has 1 atom stereocenters. The van der Waals surface area contributed by atoms with Gasteiger partial charge in [0.05, 0.1) is 11.1 Å². The van der Waals surface area contributed by atoms with Crippen molar-refractivity contribution < 1.29 is 18.7 Å². The van der Waals surface area contributed by atoms with Gasteiger partial charge in [-0.3, -0.25) is 14.6 Å². The normalized spacial score (nSPS) is 17.9. The molecule has 0 bridgehead atoms. The van der Waals surface area contributed by atoms with E-state index in [-0.39, 0.29) is 23.8 Å². The quantitative estimate of drug-likeness (QED) is 0.805. The van der Waals surface area contributed by atoms with E-state index in [4.69, 9.17) is 21.1 Å². The molecule has 1 N–H and O–H groups in total. The topological polar surface area (TPSA) is 54.0 Å². The number of ether oxygens (including phenoxy) is 2. The molecule has 154 valence electrons. The van der Waals surface area contributed by atoms with Gasteiger partial charge in [-0.2, -0.15) is 0 Å². The summed E-state index contributed by atoms with van der Waals surface area (Å²) in [6.45, 7) is 6.32. The number of hydrogen-bond donors (Lipinski definition) is 1. The van der Waals surface area contributed by atoms with E-state index >= 15 is 0 Å². The first-order valence-electron chi connectivity index (χ1n) is 9.60. The Balaban J connectivity index is 1.28. The van der Waals surface area contributed by atoms with Crippen LogP contribution in [-0.4, -0.2) is 54.7 Å². The van der Waals surface area contributed by atoms with Gasteiger partial charge in [-0.15, -0.1) is 0 Å². The molecule has 2 aromatic carbocycles. The van der Waals surface area contributed by atoms with Crippen molar-refractivity contribution in [3.05, 3.63) is 52.8 Å². The number of piperazine rings is 1. The maximum Gasteiger partial charge on any atom is 0.241 e. The Labute approximate surface area is 174 Å². The zero-order valence-electron chi connectivity index (χ0n) is 16.2. The van der Waals surface area contributed by atoms with Gasteiger partial charge in [0.15, 0.2) is 11.5 Å². The highest BCUT2D eigenvalue weighted by Crippen LogP contribution is 2.32. The smallest absolute Gasteiger partial charge is 0.241 e. The third-order valence-corrected chi connectivity index (χ3v) is 5.65. The molecule has 1 fully saturated rings. The minimum atomic E-state index is -0.503. The molecule has 2 aromatic rings. The van der Waals surface area contributed by atoms with Crippen molar-refractivity contribution in [2.45, 2.75) is 19.5 Å². The van der Waals surface area contributed by atoms with Gasteiger partial charge in [-0.25, -0.2) is 4.39 Å². The van der Waals surface area contributed by atoms with Crippen LogP contribution < -0.4 is 14.8 Å². The highest BCUT2D eigenvalue weighted by atomic mass is 35.5. The fraction of sp³-hybridized carbons (Fsp3) is 0.381. The van der Waals surface area contributed by atoms with E-state index in [9.17, 15) is 9.18 Å². The molecule has 2 heterocycles. The summed E-state index contributed by atoms with van der Waals surface area (Å²) < 4.78 is 24.1. The van der Waals surface area contributed by atoms with Crippen LogP contribution in [0, 0.1) is 5.82 Å². The molecule has 0 aromatic heterocycles. The Hall–Kier alpha value is -2.35. The molecular formula is C21H23ClFN3O3. The molecule has 0 unspecified atom stereocenters. The first-order valence-corrected chi connectivity index (χ1v) is 9.98. The number of amides is 1. The zero-order valence-corrected chi connectivity index (χ0v) is 16.9. The summed E-state index contributed by atoms with van der Waals surface area (Å²) in [7, 11) is 0. The van der Waals surface area contributed by atoms with Crippen molar-refractivity contribution in [3.63, 3.8) is 0 Å². The molecule has 1 amide bonds. The van der Waals surface area contributed by atoms with Crippen molar-refractivity contribution in [3.8, 4) is 11.5 Å². The minimum Gasteiger partial charge on any atom is -0.454 e. The van der Waals surface area contributed by atoms with Crippen LogP contribution in [0.1, 0.15) is 12.5 Å². The van der Waals surface area contributed by atoms with E-state index in [2.05, 4.69) is 21.2 Å². The maximum absolute atomic E-state index is 13.3. The molecule has 0 spiro atoms. The highest BCUT2D eigenvalue weighted by molar-refractivity contribution is 6.31. The summed E-state index contributed by atoms with van der Waals surface area (Å²) in [5, 5.41) is 2.80. The first-order chi connectivity index (χ1) is 14.0. The fourth-order valence-corrected chi connectivity index (χ4v) is 3.77. The number of rotatable bonds is 5. The van der Waals surface area contributed by atoms with Gasteiger partial charge >= 0.3 is 0 Å². The maximum atomic E-state index is 13.3. The number of carbonyl (C=O) groups is 1. The molecule has 4 rings (SSSR count). The number of hydrogen-bond acceptors (Lipinski definition) is 5. The molecule has 1 saturated heterocycles. The third-order valence-electron chi connectivity index (χ3n) is 5.36. The van der Waals surface area contributed by atoms with Gasteiger partial charge in [-0.05, 0) is 42.8 Å². The second-order valence-corrected chi connectivity index (χ2v) is 7.70. The number of fused-ring (bicyclic) bond motifs is 1. The lowest BCUT2D eigenvalue weighted by molar-refractivity contribution is -0.121. The Morgan fingerprint density at radius 1 is 1.14 bits per heavy atom. The minimum absolute atomic E-state index is 0.00687. The van der Waals surface area contributed by atoms with Crippen LogP contribution in [0.4, 0.5) is 10.1 Å². The molecule has 2 aliphatic heterocycles. The zero-order chi connectivity index (χ0) is 20.4. The third kappa shape index (κ3) is 4.63. The molecule has 0 radical (unpaired) electrons. The van der Waals surface area contributed by atoms with Crippen LogP contribution in [0.15, 0.2) is 36.4 Å². The van der Waals surface area contributed by atoms with Crippen LogP contribution in [-0.2, 0) is 11.3 Å². The Morgan fingerprint density at radius 2 is 1.90 bits per heavy atom. The number of nitrogens with one attached hydrogen (secondary N) is 1. The average Bonchev–Trinajstić information content (AvgIpc) is 3.18. The standard InChI is InChI=1S/C21H23ClFN3O3/c1-14(21(27)24-16-3-4-18(23)17(22)11-16)26-8-6-25(7-9-26)12-15-2-5-19-20(10-15)29-13-28-19/h2-5,10-11,14H,6-9,12-13H2,1H3,(H,24,27)/t14-/m0/s1. The number of benzene rings is 2. The number of nitrogens with zero attached hydrogens (tertiary/aromatic N) is 2.